The summed E-state index contributed by atoms with van der Waals surface area (Å²) in [7, 11) is 0. The first-order valence-electron chi connectivity index (χ1n) is 8.26. The van der Waals surface area contributed by atoms with Crippen molar-refractivity contribution in [1.29, 1.82) is 0 Å². The number of hydrogen-bond acceptors (Lipinski definition) is 2. The molecule has 1 aromatic rings. The lowest BCUT2D eigenvalue weighted by Crippen LogP contribution is -2.67. The number of para-hydroxylation sites is 1. The fourth-order valence-corrected chi connectivity index (χ4v) is 5.18. The molecule has 0 saturated heterocycles. The van der Waals surface area contributed by atoms with Crippen LogP contribution in [0.4, 0.5) is 32.0 Å². The van der Waals surface area contributed by atoms with Crippen molar-refractivity contribution in [2.24, 2.45) is 27.8 Å². The lowest BCUT2D eigenvalue weighted by atomic mass is 9.54. The molecule has 1 fully saturated rings. The Morgan fingerprint density at radius 2 is 1.56 bits per heavy atom. The van der Waals surface area contributed by atoms with Crippen molar-refractivity contribution in [3.05, 3.63) is 42.5 Å². The number of carbonyl (C=O) groups excluding carboxylic acids is 1. The summed E-state index contributed by atoms with van der Waals surface area (Å²) in [6, 6.07) is 7.51. The van der Waals surface area contributed by atoms with Crippen molar-refractivity contribution in [2.45, 2.75) is 25.7 Å². The van der Waals surface area contributed by atoms with Crippen molar-refractivity contribution in [2.75, 3.05) is 5.01 Å². The molecule has 1 heterocycles. The third-order valence-electron chi connectivity index (χ3n) is 6.06. The Kier molecular flexibility index (Phi) is 3.44. The molecule has 3 atom stereocenters. The zero-order valence-corrected chi connectivity index (χ0v) is 14.0. The first-order chi connectivity index (χ1) is 12.5. The van der Waals surface area contributed by atoms with Crippen LogP contribution in [0, 0.1) is 22.7 Å². The number of benzene rings is 1. The Morgan fingerprint density at radius 1 is 1.00 bits per heavy atom. The molecule has 144 valence electrons. The third kappa shape index (κ3) is 1.84. The van der Waals surface area contributed by atoms with Crippen molar-refractivity contribution >= 4 is 17.3 Å². The molecule has 9 heteroatoms. The van der Waals surface area contributed by atoms with Gasteiger partial charge in [-0.15, -0.1) is 0 Å². The number of allylic oxidation sites excluding steroid dienone is 2. The summed E-state index contributed by atoms with van der Waals surface area (Å²) in [4.78, 5) is 13.2. The van der Waals surface area contributed by atoms with Gasteiger partial charge in [0.15, 0.2) is 5.41 Å². The highest BCUT2D eigenvalue weighted by Gasteiger charge is 2.90. The molecule has 3 nitrogen and oxygen atoms in total. The van der Waals surface area contributed by atoms with Gasteiger partial charge in [-0.05, 0) is 31.4 Å². The van der Waals surface area contributed by atoms with Crippen LogP contribution in [0.2, 0.25) is 0 Å². The SMILES string of the molecule is CC1=NN(c2ccccc2)C(=O)[C@@]12[C@@H]1C=C[C@@H](C1)C2(C(F)(F)F)C(F)(F)F. The minimum absolute atomic E-state index is 0.128. The van der Waals surface area contributed by atoms with Gasteiger partial charge in [0.25, 0.3) is 5.91 Å². The number of anilines is 1. The van der Waals surface area contributed by atoms with E-state index in [1.54, 1.807) is 6.07 Å². The molecule has 2 bridgehead atoms. The molecule has 1 amide bonds. The van der Waals surface area contributed by atoms with Gasteiger partial charge in [-0.3, -0.25) is 4.79 Å². The number of nitrogens with zero attached hydrogens (tertiary/aromatic N) is 2. The largest absolute Gasteiger partial charge is 0.405 e. The van der Waals surface area contributed by atoms with E-state index in [1.165, 1.54) is 30.3 Å². The molecular formula is C18H14F6N2O. The van der Waals surface area contributed by atoms with Crippen LogP contribution in [0.5, 0.6) is 0 Å². The Balaban J connectivity index is 2.00. The first kappa shape index (κ1) is 18.1. The number of carbonyl (C=O) groups is 1. The van der Waals surface area contributed by atoms with Gasteiger partial charge >= 0.3 is 12.4 Å². The predicted molar refractivity (Wildman–Crippen MR) is 84.8 cm³/mol. The first-order valence-corrected chi connectivity index (χ1v) is 8.26. The minimum atomic E-state index is -5.67. The molecule has 27 heavy (non-hydrogen) atoms. The highest BCUT2D eigenvalue weighted by atomic mass is 19.4. The van der Waals surface area contributed by atoms with Crippen LogP contribution in [0.3, 0.4) is 0 Å². The number of alkyl halides is 6. The van der Waals surface area contributed by atoms with Crippen LogP contribution < -0.4 is 5.01 Å². The van der Waals surface area contributed by atoms with Gasteiger partial charge in [0.2, 0.25) is 0 Å². The maximum absolute atomic E-state index is 14.2. The maximum Gasteiger partial charge on any atom is 0.405 e. The quantitative estimate of drug-likeness (QED) is 0.507. The van der Waals surface area contributed by atoms with E-state index >= 15 is 0 Å². The molecule has 4 rings (SSSR count). The van der Waals surface area contributed by atoms with Gasteiger partial charge in [-0.2, -0.15) is 36.5 Å². The Morgan fingerprint density at radius 3 is 2.11 bits per heavy atom. The molecule has 0 unspecified atom stereocenters. The molecule has 1 aromatic carbocycles. The fraction of sp³-hybridized carbons (Fsp3) is 0.444. The molecular weight excluding hydrogens is 374 g/mol. The van der Waals surface area contributed by atoms with Gasteiger partial charge < -0.3 is 0 Å². The Labute approximate surface area is 150 Å². The van der Waals surface area contributed by atoms with Crippen molar-refractivity contribution in [3.8, 4) is 0 Å². The second kappa shape index (κ2) is 5.14. The summed E-state index contributed by atoms with van der Waals surface area (Å²) in [5.41, 5.74) is -7.34. The maximum atomic E-state index is 14.2. The standard InChI is InChI=1S/C18H14F6N2O/c1-10-15(14(27)26(25-10)13-5-3-2-4-6-13)11-7-8-12(9-11)16(15,17(19,20)21)18(22,23)24/h2-8,11-12H,9H2,1H3/t11-,12+,15+/m1/s1. The average molecular weight is 388 g/mol. The lowest BCUT2D eigenvalue weighted by Gasteiger charge is -2.49. The van der Waals surface area contributed by atoms with Gasteiger partial charge in [0, 0.05) is 5.92 Å². The number of halogens is 6. The highest BCUT2D eigenvalue weighted by molar-refractivity contribution is 6.20. The second-order valence-electron chi connectivity index (χ2n) is 7.08. The predicted octanol–water partition coefficient (Wildman–Crippen LogP) is 4.71. The van der Waals surface area contributed by atoms with Crippen LogP contribution in [-0.2, 0) is 4.79 Å². The summed E-state index contributed by atoms with van der Waals surface area (Å²) < 4.78 is 85.0. The zero-order valence-electron chi connectivity index (χ0n) is 14.0. The van der Waals surface area contributed by atoms with Crippen LogP contribution in [0.15, 0.2) is 47.6 Å². The van der Waals surface area contributed by atoms with E-state index in [1.807, 2.05) is 0 Å². The van der Waals surface area contributed by atoms with Crippen molar-refractivity contribution < 1.29 is 31.1 Å². The van der Waals surface area contributed by atoms with Gasteiger partial charge in [-0.1, -0.05) is 30.4 Å². The van der Waals surface area contributed by atoms with E-state index in [0.717, 1.165) is 13.0 Å². The van der Waals surface area contributed by atoms with Crippen molar-refractivity contribution in [3.63, 3.8) is 0 Å². The fourth-order valence-electron chi connectivity index (χ4n) is 5.18. The number of amides is 1. The Bertz CT molecular complexity index is 843. The third-order valence-corrected chi connectivity index (χ3v) is 6.06. The van der Waals surface area contributed by atoms with E-state index in [2.05, 4.69) is 5.10 Å². The van der Waals surface area contributed by atoms with E-state index in [0.29, 0.717) is 5.01 Å². The molecule has 0 aromatic heterocycles. The van der Waals surface area contributed by atoms with Gasteiger partial charge in [0.1, 0.15) is 5.41 Å². The number of hydrazone groups is 1. The molecule has 0 radical (unpaired) electrons. The summed E-state index contributed by atoms with van der Waals surface area (Å²) in [5, 5.41) is 4.56. The highest BCUT2D eigenvalue weighted by Crippen LogP contribution is 2.76. The summed E-state index contributed by atoms with van der Waals surface area (Å²) >= 11 is 0. The number of hydrogen-bond donors (Lipinski definition) is 0. The minimum Gasteiger partial charge on any atom is -0.271 e. The second-order valence-corrected chi connectivity index (χ2v) is 7.08. The smallest absolute Gasteiger partial charge is 0.271 e. The van der Waals surface area contributed by atoms with Crippen LogP contribution in [-0.4, -0.2) is 24.0 Å². The van der Waals surface area contributed by atoms with E-state index in [-0.39, 0.29) is 12.1 Å². The van der Waals surface area contributed by atoms with E-state index in [4.69, 9.17) is 0 Å². The molecule has 2 aliphatic carbocycles. The average Bonchev–Trinajstić information content (AvgIpc) is 3.22. The lowest BCUT2D eigenvalue weighted by molar-refractivity contribution is -0.368. The molecule has 1 aliphatic heterocycles. The molecule has 1 saturated carbocycles. The normalized spacial score (nSPS) is 31.9. The number of rotatable bonds is 1. The van der Waals surface area contributed by atoms with Crippen molar-refractivity contribution in [1.82, 2.24) is 0 Å². The zero-order chi connectivity index (χ0) is 19.8. The van der Waals surface area contributed by atoms with E-state index in [9.17, 15) is 31.1 Å². The van der Waals surface area contributed by atoms with Crippen LogP contribution in [0.25, 0.3) is 0 Å². The molecule has 3 aliphatic rings. The topological polar surface area (TPSA) is 32.7 Å². The molecule has 1 spiro atoms. The summed E-state index contributed by atoms with van der Waals surface area (Å²) in [6.45, 7) is 1.08. The summed E-state index contributed by atoms with van der Waals surface area (Å²) in [6.07, 6.45) is -9.49. The monoisotopic (exact) mass is 388 g/mol. The van der Waals surface area contributed by atoms with Crippen LogP contribution in [0.1, 0.15) is 13.3 Å². The van der Waals surface area contributed by atoms with Gasteiger partial charge in [-0.25, -0.2) is 0 Å². The molecule has 0 N–H and O–H groups in total. The van der Waals surface area contributed by atoms with Gasteiger partial charge in [0.05, 0.1) is 11.4 Å². The van der Waals surface area contributed by atoms with Crippen LogP contribution >= 0.6 is 0 Å². The number of fused-ring (bicyclic) bond motifs is 3. The van der Waals surface area contributed by atoms with E-state index < -0.39 is 46.6 Å². The Hall–Kier alpha value is -2.32. The summed E-state index contributed by atoms with van der Waals surface area (Å²) in [5.74, 6) is -4.35.